The van der Waals surface area contributed by atoms with E-state index in [-0.39, 0.29) is 5.78 Å². The standard InChI is InChI=1S/C18H21N5O2/c1-3-11(2)8-14(24)16-13-9-23(7-5-15(13)25-22-16)18-12-4-6-19-17(12)20-10-21-18/h4,6,10-11H,3,5,7-9H2,1-2H3,(H,19,20,21). The smallest absolute Gasteiger partial charge is 0.185 e. The molecule has 130 valence electrons. The average Bonchev–Trinajstić information content (AvgIpc) is 3.27. The highest BCUT2D eigenvalue weighted by Gasteiger charge is 2.29. The fraction of sp³-hybridized carbons (Fsp3) is 0.444. The first-order valence-corrected chi connectivity index (χ1v) is 8.71. The van der Waals surface area contributed by atoms with Crippen LogP contribution in [0.2, 0.25) is 0 Å². The number of nitrogens with one attached hydrogen (secondary N) is 1. The molecule has 1 N–H and O–H groups in total. The molecule has 0 aromatic carbocycles. The Balaban J connectivity index is 1.64. The van der Waals surface area contributed by atoms with Gasteiger partial charge >= 0.3 is 0 Å². The second-order valence-corrected chi connectivity index (χ2v) is 6.68. The Labute approximate surface area is 145 Å². The Hall–Kier alpha value is -2.70. The van der Waals surface area contributed by atoms with Crippen LogP contribution in [-0.2, 0) is 13.0 Å². The maximum Gasteiger partial charge on any atom is 0.185 e. The predicted octanol–water partition coefficient (Wildman–Crippen LogP) is 3.13. The Morgan fingerprint density at radius 3 is 3.16 bits per heavy atom. The normalized spacial score (nSPS) is 15.4. The van der Waals surface area contributed by atoms with Gasteiger partial charge in [-0.2, -0.15) is 0 Å². The number of carbonyl (C=O) groups excluding carboxylic acids is 1. The van der Waals surface area contributed by atoms with Gasteiger partial charge in [0.05, 0.1) is 11.9 Å². The van der Waals surface area contributed by atoms with Gasteiger partial charge in [0.25, 0.3) is 0 Å². The van der Waals surface area contributed by atoms with Gasteiger partial charge in [-0.15, -0.1) is 0 Å². The lowest BCUT2D eigenvalue weighted by atomic mass is 9.97. The van der Waals surface area contributed by atoms with Gasteiger partial charge in [-0.1, -0.05) is 25.4 Å². The highest BCUT2D eigenvalue weighted by Crippen LogP contribution is 2.30. The summed E-state index contributed by atoms with van der Waals surface area (Å²) in [5.41, 5.74) is 2.20. The van der Waals surface area contributed by atoms with Gasteiger partial charge in [0, 0.05) is 31.1 Å². The molecule has 0 bridgehead atoms. The Kier molecular flexibility index (Phi) is 3.99. The molecular weight excluding hydrogens is 318 g/mol. The van der Waals surface area contributed by atoms with Crippen molar-refractivity contribution in [2.75, 3.05) is 11.4 Å². The number of rotatable bonds is 5. The van der Waals surface area contributed by atoms with E-state index in [0.29, 0.717) is 24.6 Å². The summed E-state index contributed by atoms with van der Waals surface area (Å²) in [5, 5.41) is 5.06. The fourth-order valence-corrected chi connectivity index (χ4v) is 3.28. The largest absolute Gasteiger partial charge is 0.360 e. The van der Waals surface area contributed by atoms with E-state index >= 15 is 0 Å². The van der Waals surface area contributed by atoms with Crippen molar-refractivity contribution in [3.8, 4) is 0 Å². The Bertz CT molecular complexity index is 913. The summed E-state index contributed by atoms with van der Waals surface area (Å²) in [6, 6.07) is 1.97. The van der Waals surface area contributed by atoms with Crippen molar-refractivity contribution in [3.63, 3.8) is 0 Å². The van der Waals surface area contributed by atoms with E-state index in [1.165, 1.54) is 0 Å². The number of nitrogens with zero attached hydrogens (tertiary/aromatic N) is 4. The van der Waals surface area contributed by atoms with Gasteiger partial charge in [0.2, 0.25) is 0 Å². The maximum absolute atomic E-state index is 12.6. The molecule has 0 amide bonds. The van der Waals surface area contributed by atoms with Crippen LogP contribution in [0.15, 0.2) is 23.1 Å². The number of fused-ring (bicyclic) bond motifs is 2. The molecule has 4 heterocycles. The lowest BCUT2D eigenvalue weighted by molar-refractivity contribution is 0.0954. The molecule has 3 aromatic rings. The van der Waals surface area contributed by atoms with Crippen LogP contribution in [0.25, 0.3) is 11.0 Å². The number of Topliss-reactive ketones (excluding diaryl/α,β-unsaturated/α-hetero) is 1. The van der Waals surface area contributed by atoms with Crippen LogP contribution in [0.3, 0.4) is 0 Å². The second kappa shape index (κ2) is 6.31. The summed E-state index contributed by atoms with van der Waals surface area (Å²) in [4.78, 5) is 26.6. The third kappa shape index (κ3) is 2.79. The minimum Gasteiger partial charge on any atom is -0.360 e. The van der Waals surface area contributed by atoms with Crippen molar-refractivity contribution in [3.05, 3.63) is 35.6 Å². The lowest BCUT2D eigenvalue weighted by Gasteiger charge is -2.27. The minimum absolute atomic E-state index is 0.0654. The number of H-pyrrole nitrogens is 1. The molecule has 7 heteroatoms. The number of anilines is 1. The van der Waals surface area contributed by atoms with Crippen LogP contribution in [-0.4, -0.2) is 32.4 Å². The second-order valence-electron chi connectivity index (χ2n) is 6.68. The third-order valence-corrected chi connectivity index (χ3v) is 4.95. The van der Waals surface area contributed by atoms with Crippen LogP contribution < -0.4 is 4.90 Å². The van der Waals surface area contributed by atoms with E-state index < -0.39 is 0 Å². The molecule has 0 aliphatic carbocycles. The molecule has 4 rings (SSSR count). The van der Waals surface area contributed by atoms with Crippen LogP contribution in [0.4, 0.5) is 5.82 Å². The quantitative estimate of drug-likeness (QED) is 0.719. The molecular formula is C18H21N5O2. The van der Waals surface area contributed by atoms with Crippen molar-refractivity contribution in [2.45, 2.75) is 39.7 Å². The molecule has 0 saturated heterocycles. The fourth-order valence-electron chi connectivity index (χ4n) is 3.28. The van der Waals surface area contributed by atoms with Gasteiger partial charge in [-0.25, -0.2) is 9.97 Å². The SMILES string of the molecule is CCC(C)CC(=O)c1noc2c1CN(c1ncnc3[nH]ccc13)CC2. The van der Waals surface area contributed by atoms with Gasteiger partial charge in [-0.3, -0.25) is 4.79 Å². The summed E-state index contributed by atoms with van der Waals surface area (Å²) in [6.45, 7) is 5.53. The highest BCUT2D eigenvalue weighted by atomic mass is 16.5. The third-order valence-electron chi connectivity index (χ3n) is 4.95. The van der Waals surface area contributed by atoms with E-state index in [1.54, 1.807) is 6.33 Å². The first-order chi connectivity index (χ1) is 12.2. The van der Waals surface area contributed by atoms with Crippen molar-refractivity contribution < 1.29 is 9.32 Å². The Morgan fingerprint density at radius 1 is 1.44 bits per heavy atom. The van der Waals surface area contributed by atoms with E-state index in [0.717, 1.165) is 47.6 Å². The maximum atomic E-state index is 12.6. The summed E-state index contributed by atoms with van der Waals surface area (Å²) < 4.78 is 5.44. The van der Waals surface area contributed by atoms with E-state index in [2.05, 4.69) is 38.9 Å². The predicted molar refractivity (Wildman–Crippen MR) is 93.5 cm³/mol. The molecule has 1 atom stereocenters. The average molecular weight is 339 g/mol. The Morgan fingerprint density at radius 2 is 2.32 bits per heavy atom. The topological polar surface area (TPSA) is 87.9 Å². The lowest BCUT2D eigenvalue weighted by Crippen LogP contribution is -2.31. The van der Waals surface area contributed by atoms with E-state index in [4.69, 9.17) is 4.52 Å². The van der Waals surface area contributed by atoms with Crippen LogP contribution in [0, 0.1) is 5.92 Å². The van der Waals surface area contributed by atoms with Gasteiger partial charge in [0.15, 0.2) is 11.5 Å². The first-order valence-electron chi connectivity index (χ1n) is 8.71. The number of hydrogen-bond acceptors (Lipinski definition) is 6. The zero-order valence-corrected chi connectivity index (χ0v) is 14.5. The zero-order valence-electron chi connectivity index (χ0n) is 14.5. The molecule has 1 unspecified atom stereocenters. The van der Waals surface area contributed by atoms with E-state index in [1.807, 2.05) is 12.3 Å². The molecule has 7 nitrogen and oxygen atoms in total. The molecule has 0 spiro atoms. The molecule has 3 aromatic heterocycles. The number of aromatic amines is 1. The number of ketones is 1. The highest BCUT2D eigenvalue weighted by molar-refractivity contribution is 5.96. The van der Waals surface area contributed by atoms with Crippen molar-refractivity contribution in [1.29, 1.82) is 0 Å². The molecule has 25 heavy (non-hydrogen) atoms. The van der Waals surface area contributed by atoms with Crippen LogP contribution in [0.1, 0.15) is 48.5 Å². The van der Waals surface area contributed by atoms with Crippen LogP contribution in [0.5, 0.6) is 0 Å². The summed E-state index contributed by atoms with van der Waals surface area (Å²) in [5.74, 6) is 2.11. The summed E-state index contributed by atoms with van der Waals surface area (Å²) in [6.07, 6.45) is 5.62. The molecule has 1 aliphatic rings. The summed E-state index contributed by atoms with van der Waals surface area (Å²) in [7, 11) is 0. The molecule has 0 saturated carbocycles. The van der Waals surface area contributed by atoms with Gasteiger partial charge < -0.3 is 14.4 Å². The van der Waals surface area contributed by atoms with Crippen LogP contribution >= 0.6 is 0 Å². The summed E-state index contributed by atoms with van der Waals surface area (Å²) >= 11 is 0. The van der Waals surface area contributed by atoms with Gasteiger partial charge in [-0.05, 0) is 12.0 Å². The zero-order chi connectivity index (χ0) is 17.4. The van der Waals surface area contributed by atoms with Crippen molar-refractivity contribution in [2.24, 2.45) is 5.92 Å². The van der Waals surface area contributed by atoms with E-state index in [9.17, 15) is 4.79 Å². The number of hydrogen-bond donors (Lipinski definition) is 1. The minimum atomic E-state index is 0.0654. The number of carbonyl (C=O) groups is 1. The van der Waals surface area contributed by atoms with Crippen molar-refractivity contribution >= 4 is 22.6 Å². The molecule has 0 radical (unpaired) electrons. The number of aromatic nitrogens is 4. The van der Waals surface area contributed by atoms with Crippen molar-refractivity contribution in [1.82, 2.24) is 20.1 Å². The molecule has 0 fully saturated rings. The first kappa shape index (κ1) is 15.8. The molecule has 1 aliphatic heterocycles. The van der Waals surface area contributed by atoms with Gasteiger partial charge in [0.1, 0.15) is 23.6 Å². The monoisotopic (exact) mass is 339 g/mol.